The Morgan fingerprint density at radius 3 is 1.41 bits per heavy atom. The summed E-state index contributed by atoms with van der Waals surface area (Å²) in [6.45, 7) is 0. The lowest BCUT2D eigenvalue weighted by Crippen LogP contribution is -1.69. The summed E-state index contributed by atoms with van der Waals surface area (Å²) in [5, 5.41) is 0. The van der Waals surface area contributed by atoms with E-state index in [-0.39, 0.29) is 0 Å². The fourth-order valence-electron chi connectivity index (χ4n) is 1.62. The highest BCUT2D eigenvalue weighted by Crippen LogP contribution is 2.04. The summed E-state index contributed by atoms with van der Waals surface area (Å²) in [7, 11) is 0. The molecule has 0 amide bonds. The van der Waals surface area contributed by atoms with E-state index in [2.05, 4.69) is 72.8 Å². The summed E-state index contributed by atoms with van der Waals surface area (Å²) < 4.78 is 0. The molecule has 0 atom stereocenters. The molecule has 0 aromatic heterocycles. The highest BCUT2D eigenvalue weighted by molar-refractivity contribution is 5.51. The van der Waals surface area contributed by atoms with Crippen molar-refractivity contribution in [1.29, 1.82) is 0 Å². The quantitative estimate of drug-likeness (QED) is 0.694. The van der Waals surface area contributed by atoms with Gasteiger partial charge in [-0.25, -0.2) is 0 Å². The Morgan fingerprint density at radius 2 is 1.00 bits per heavy atom. The van der Waals surface area contributed by atoms with E-state index >= 15 is 0 Å². The second-order valence-corrected chi connectivity index (χ2v) is 3.86. The largest absolute Gasteiger partial charge is 0.0801 e. The lowest BCUT2D eigenvalue weighted by molar-refractivity contribution is 1.42. The van der Waals surface area contributed by atoms with Gasteiger partial charge in [-0.2, -0.15) is 0 Å². The first kappa shape index (κ1) is 11.4. The molecule has 0 saturated carbocycles. The standard InChI is InChI=1S/C17H16/c1-4-10-16(11-5-1)14-8-3-9-15-17-12-6-2-7-13-17/h1-2,4-15H,3H2. The highest BCUT2D eigenvalue weighted by atomic mass is 13.9. The van der Waals surface area contributed by atoms with E-state index in [1.54, 1.807) is 0 Å². The van der Waals surface area contributed by atoms with E-state index in [1.807, 2.05) is 12.1 Å². The minimum Gasteiger partial charge on any atom is -0.0801 e. The van der Waals surface area contributed by atoms with Crippen molar-refractivity contribution in [1.82, 2.24) is 0 Å². The lowest BCUT2D eigenvalue weighted by Gasteiger charge is -1.91. The number of hydrogen-bond donors (Lipinski definition) is 0. The summed E-state index contributed by atoms with van der Waals surface area (Å²) in [5.41, 5.74) is 2.50. The van der Waals surface area contributed by atoms with E-state index < -0.39 is 0 Å². The lowest BCUT2D eigenvalue weighted by atomic mass is 10.2. The average molecular weight is 220 g/mol. The zero-order valence-corrected chi connectivity index (χ0v) is 9.79. The molecular weight excluding hydrogens is 204 g/mol. The molecule has 2 rings (SSSR count). The zero-order valence-electron chi connectivity index (χ0n) is 9.79. The van der Waals surface area contributed by atoms with Crippen molar-refractivity contribution in [2.75, 3.05) is 0 Å². The van der Waals surface area contributed by atoms with Gasteiger partial charge >= 0.3 is 0 Å². The molecule has 0 fully saturated rings. The maximum absolute atomic E-state index is 2.18. The van der Waals surface area contributed by atoms with Crippen LogP contribution in [0.4, 0.5) is 0 Å². The molecule has 0 nitrogen and oxygen atoms in total. The van der Waals surface area contributed by atoms with E-state index in [4.69, 9.17) is 0 Å². The molecule has 0 aliphatic heterocycles. The monoisotopic (exact) mass is 220 g/mol. The third-order valence-corrected chi connectivity index (χ3v) is 2.49. The zero-order chi connectivity index (χ0) is 11.8. The molecule has 0 unspecified atom stereocenters. The highest BCUT2D eigenvalue weighted by Gasteiger charge is 1.82. The Kier molecular flexibility index (Phi) is 4.36. The van der Waals surface area contributed by atoms with Crippen molar-refractivity contribution in [2.45, 2.75) is 6.42 Å². The van der Waals surface area contributed by atoms with Crippen LogP contribution in [0.3, 0.4) is 0 Å². The Balaban J connectivity index is 1.84. The minimum atomic E-state index is 0.962. The van der Waals surface area contributed by atoms with Gasteiger partial charge in [0.2, 0.25) is 0 Å². The Bertz CT molecular complexity index is 430. The van der Waals surface area contributed by atoms with Gasteiger partial charge in [-0.15, -0.1) is 0 Å². The second-order valence-electron chi connectivity index (χ2n) is 3.86. The summed E-state index contributed by atoms with van der Waals surface area (Å²) in [5.74, 6) is 0. The number of hydrogen-bond acceptors (Lipinski definition) is 0. The molecule has 2 aromatic carbocycles. The van der Waals surface area contributed by atoms with Crippen molar-refractivity contribution in [3.8, 4) is 0 Å². The van der Waals surface area contributed by atoms with E-state index in [9.17, 15) is 0 Å². The van der Waals surface area contributed by atoms with Crippen molar-refractivity contribution in [3.63, 3.8) is 0 Å². The van der Waals surface area contributed by atoms with Crippen LogP contribution in [0.2, 0.25) is 0 Å². The van der Waals surface area contributed by atoms with Gasteiger partial charge in [-0.1, -0.05) is 85.0 Å². The van der Waals surface area contributed by atoms with Gasteiger partial charge in [0.25, 0.3) is 0 Å². The molecule has 0 spiro atoms. The Labute approximate surface area is 103 Å². The second kappa shape index (κ2) is 6.49. The predicted octanol–water partition coefficient (Wildman–Crippen LogP) is 4.80. The van der Waals surface area contributed by atoms with E-state index in [0.717, 1.165) is 6.42 Å². The number of allylic oxidation sites excluding steroid dienone is 2. The minimum absolute atomic E-state index is 0.962. The van der Waals surface area contributed by atoms with Gasteiger partial charge in [0, 0.05) is 0 Å². The van der Waals surface area contributed by atoms with Gasteiger partial charge in [-0.3, -0.25) is 0 Å². The van der Waals surface area contributed by atoms with Crippen LogP contribution in [0.15, 0.2) is 72.8 Å². The van der Waals surface area contributed by atoms with Crippen LogP contribution in [0.5, 0.6) is 0 Å². The normalized spacial score (nSPS) is 11.3. The summed E-state index contributed by atoms with van der Waals surface area (Å²) in [4.78, 5) is 0. The third-order valence-electron chi connectivity index (χ3n) is 2.49. The summed E-state index contributed by atoms with van der Waals surface area (Å²) in [6.07, 6.45) is 9.61. The molecule has 0 N–H and O–H groups in total. The fourth-order valence-corrected chi connectivity index (χ4v) is 1.62. The molecule has 0 heterocycles. The average Bonchev–Trinajstić information content (AvgIpc) is 2.41. The topological polar surface area (TPSA) is 0 Å². The van der Waals surface area contributed by atoms with Crippen LogP contribution in [0.1, 0.15) is 17.5 Å². The first-order valence-electron chi connectivity index (χ1n) is 5.88. The van der Waals surface area contributed by atoms with Crippen LogP contribution in [0.25, 0.3) is 12.2 Å². The molecule has 17 heavy (non-hydrogen) atoms. The molecular formula is C17H16. The third kappa shape index (κ3) is 4.12. The van der Waals surface area contributed by atoms with Gasteiger partial charge in [0.05, 0.1) is 0 Å². The first-order chi connectivity index (χ1) is 8.45. The van der Waals surface area contributed by atoms with Crippen molar-refractivity contribution in [2.24, 2.45) is 0 Å². The molecule has 84 valence electrons. The number of benzene rings is 2. The van der Waals surface area contributed by atoms with Crippen molar-refractivity contribution >= 4 is 12.2 Å². The molecule has 0 saturated heterocycles. The fraction of sp³-hybridized carbons (Fsp3) is 0.0588. The molecule has 0 radical (unpaired) electrons. The number of rotatable bonds is 4. The summed E-state index contributed by atoms with van der Waals surface area (Å²) >= 11 is 0. The SMILES string of the molecule is C(=Cc1ccccc1)CC=Cc1ccccc1. The molecule has 2 aromatic rings. The van der Waals surface area contributed by atoms with Crippen LogP contribution < -0.4 is 0 Å². The van der Waals surface area contributed by atoms with E-state index in [0.29, 0.717) is 0 Å². The van der Waals surface area contributed by atoms with Crippen LogP contribution >= 0.6 is 0 Å². The van der Waals surface area contributed by atoms with Crippen molar-refractivity contribution < 1.29 is 0 Å². The summed E-state index contributed by atoms with van der Waals surface area (Å²) in [6, 6.07) is 20.7. The van der Waals surface area contributed by atoms with Crippen LogP contribution in [-0.4, -0.2) is 0 Å². The van der Waals surface area contributed by atoms with Gasteiger partial charge < -0.3 is 0 Å². The van der Waals surface area contributed by atoms with Gasteiger partial charge in [-0.05, 0) is 17.5 Å². The van der Waals surface area contributed by atoms with E-state index in [1.165, 1.54) is 11.1 Å². The smallest absolute Gasteiger partial charge is 0.0163 e. The Hall–Kier alpha value is -2.08. The van der Waals surface area contributed by atoms with Gasteiger partial charge in [0.15, 0.2) is 0 Å². The maximum Gasteiger partial charge on any atom is -0.0163 e. The van der Waals surface area contributed by atoms with Gasteiger partial charge in [0.1, 0.15) is 0 Å². The van der Waals surface area contributed by atoms with Crippen LogP contribution in [-0.2, 0) is 0 Å². The molecule has 0 heteroatoms. The molecule has 0 bridgehead atoms. The van der Waals surface area contributed by atoms with Crippen LogP contribution in [0, 0.1) is 0 Å². The van der Waals surface area contributed by atoms with Crippen molar-refractivity contribution in [3.05, 3.63) is 83.9 Å². The maximum atomic E-state index is 2.18. The predicted molar refractivity (Wildman–Crippen MR) is 75.6 cm³/mol. The first-order valence-corrected chi connectivity index (χ1v) is 5.88. The Morgan fingerprint density at radius 1 is 0.588 bits per heavy atom. The molecule has 0 aliphatic carbocycles. The molecule has 0 aliphatic rings.